The number of carbonyl (C=O) groups is 2. The van der Waals surface area contributed by atoms with Crippen molar-refractivity contribution in [2.24, 2.45) is 0 Å². The number of rotatable bonds is 4. The van der Waals surface area contributed by atoms with E-state index >= 15 is 0 Å². The number of benzene rings is 2. The highest BCUT2D eigenvalue weighted by Gasteiger charge is 2.30. The van der Waals surface area contributed by atoms with E-state index in [9.17, 15) is 9.59 Å². The lowest BCUT2D eigenvalue weighted by atomic mass is 9.96. The molecule has 2 aliphatic heterocycles. The minimum absolute atomic E-state index is 0.326. The molecule has 1 atom stereocenters. The second-order valence-corrected chi connectivity index (χ2v) is 7.68. The lowest BCUT2D eigenvalue weighted by Gasteiger charge is -2.38. The largest absolute Gasteiger partial charge is 0.497 e. The third kappa shape index (κ3) is 6.09. The number of ether oxygens (including phenoxy) is 2. The van der Waals surface area contributed by atoms with E-state index in [2.05, 4.69) is 41.1 Å². The lowest BCUT2D eigenvalue weighted by Crippen LogP contribution is -2.46. The van der Waals surface area contributed by atoms with Gasteiger partial charge in [0.25, 0.3) is 0 Å². The summed E-state index contributed by atoms with van der Waals surface area (Å²) in [6, 6.07) is 14.9. The maximum atomic E-state index is 9.55. The molecule has 0 aliphatic carbocycles. The van der Waals surface area contributed by atoms with Crippen LogP contribution < -0.4 is 9.47 Å². The molecule has 0 saturated carbocycles. The summed E-state index contributed by atoms with van der Waals surface area (Å²) in [6.07, 6.45) is 2.09. The topological polar surface area (TPSA) is 99.5 Å². The highest BCUT2D eigenvalue weighted by molar-refractivity contribution is 5.89. The number of aliphatic carboxylic acids is 2. The molecule has 1 saturated heterocycles. The molecule has 8 nitrogen and oxygen atoms in total. The van der Waals surface area contributed by atoms with Crippen LogP contribution in [0.3, 0.4) is 0 Å². The predicted octanol–water partition coefficient (Wildman–Crippen LogP) is 3.04. The molecule has 8 heteroatoms. The Labute approximate surface area is 187 Å². The lowest BCUT2D eigenvalue weighted by molar-refractivity contribution is -0.134. The van der Waals surface area contributed by atoms with Crippen molar-refractivity contribution in [3.63, 3.8) is 0 Å². The van der Waals surface area contributed by atoms with Crippen molar-refractivity contribution in [1.29, 1.82) is 0 Å². The monoisotopic (exact) mass is 440 g/mol. The number of nitrogens with zero attached hydrogens (tertiary/aromatic N) is 2. The number of hydrogen-bond donors (Lipinski definition) is 2. The maximum Gasteiger partial charge on any atom is 0.328 e. The third-order valence-corrected chi connectivity index (χ3v) is 5.53. The van der Waals surface area contributed by atoms with Gasteiger partial charge in [0.05, 0.1) is 7.11 Å². The fraction of sp³-hybridized carbons (Fsp3) is 0.333. The molecule has 170 valence electrons. The Morgan fingerprint density at radius 1 is 1.00 bits per heavy atom. The Morgan fingerprint density at radius 2 is 1.66 bits per heavy atom. The van der Waals surface area contributed by atoms with E-state index in [0.717, 1.165) is 49.8 Å². The molecule has 32 heavy (non-hydrogen) atoms. The van der Waals surface area contributed by atoms with Crippen molar-refractivity contribution in [3.05, 3.63) is 65.7 Å². The first kappa shape index (κ1) is 23.3. The normalized spacial score (nSPS) is 18.4. The number of likely N-dealkylation sites (N-methyl/N-ethyl adjacent to an activating group) is 1. The zero-order valence-corrected chi connectivity index (χ0v) is 18.2. The molecule has 0 bridgehead atoms. The highest BCUT2D eigenvalue weighted by atomic mass is 16.5. The first-order valence-corrected chi connectivity index (χ1v) is 10.4. The van der Waals surface area contributed by atoms with Gasteiger partial charge in [-0.2, -0.15) is 0 Å². The molecule has 2 heterocycles. The number of hydrogen-bond acceptors (Lipinski definition) is 6. The van der Waals surface area contributed by atoms with Crippen molar-refractivity contribution in [1.82, 2.24) is 9.80 Å². The molecule has 2 aromatic carbocycles. The first-order valence-electron chi connectivity index (χ1n) is 10.4. The minimum Gasteiger partial charge on any atom is -0.497 e. The van der Waals surface area contributed by atoms with Crippen LogP contribution in [-0.2, 0) is 16.0 Å². The molecular formula is C24H28N2O6. The SMILES string of the molecule is COc1ccc2c(c1)C(N1CCN(C)CC1)Cc1ccccc1O2.O=C(O)/C=C/C(=O)O. The fourth-order valence-corrected chi connectivity index (χ4v) is 3.82. The molecule has 2 aromatic rings. The molecule has 2 aliphatic rings. The van der Waals surface area contributed by atoms with Crippen LogP contribution in [0.5, 0.6) is 17.2 Å². The van der Waals surface area contributed by atoms with E-state index in [-0.39, 0.29) is 0 Å². The van der Waals surface area contributed by atoms with Gasteiger partial charge < -0.3 is 24.6 Å². The zero-order chi connectivity index (χ0) is 23.1. The number of piperazine rings is 1. The van der Waals surface area contributed by atoms with Crippen molar-refractivity contribution >= 4 is 11.9 Å². The zero-order valence-electron chi connectivity index (χ0n) is 18.2. The Hall–Kier alpha value is -3.36. The van der Waals surface area contributed by atoms with Gasteiger partial charge >= 0.3 is 11.9 Å². The highest BCUT2D eigenvalue weighted by Crippen LogP contribution is 2.42. The predicted molar refractivity (Wildman–Crippen MR) is 119 cm³/mol. The van der Waals surface area contributed by atoms with E-state index < -0.39 is 11.9 Å². The summed E-state index contributed by atoms with van der Waals surface area (Å²) in [7, 11) is 3.92. The summed E-state index contributed by atoms with van der Waals surface area (Å²) in [5.41, 5.74) is 2.51. The molecule has 0 radical (unpaired) electrons. The second-order valence-electron chi connectivity index (χ2n) is 7.68. The Balaban J connectivity index is 0.000000312. The number of methoxy groups -OCH3 is 1. The number of carboxylic acids is 2. The van der Waals surface area contributed by atoms with Gasteiger partial charge in [0.2, 0.25) is 0 Å². The van der Waals surface area contributed by atoms with Crippen LogP contribution in [0.25, 0.3) is 0 Å². The summed E-state index contributed by atoms with van der Waals surface area (Å²) >= 11 is 0. The van der Waals surface area contributed by atoms with E-state index in [1.807, 2.05) is 18.2 Å². The summed E-state index contributed by atoms with van der Waals surface area (Å²) in [6.45, 7) is 4.39. The fourth-order valence-electron chi connectivity index (χ4n) is 3.82. The number of carboxylic acid groups (broad SMARTS) is 2. The van der Waals surface area contributed by atoms with Crippen molar-refractivity contribution in [2.45, 2.75) is 12.5 Å². The van der Waals surface area contributed by atoms with Crippen LogP contribution >= 0.6 is 0 Å². The van der Waals surface area contributed by atoms with Gasteiger partial charge in [0, 0.05) is 49.9 Å². The van der Waals surface area contributed by atoms with Crippen molar-refractivity contribution < 1.29 is 29.3 Å². The van der Waals surface area contributed by atoms with Gasteiger partial charge in [-0.3, -0.25) is 4.90 Å². The number of para-hydroxylation sites is 1. The molecule has 0 spiro atoms. The summed E-state index contributed by atoms with van der Waals surface area (Å²) in [5.74, 6) is 0.299. The average Bonchev–Trinajstić information content (AvgIpc) is 2.95. The van der Waals surface area contributed by atoms with Crippen LogP contribution in [-0.4, -0.2) is 72.3 Å². The summed E-state index contributed by atoms with van der Waals surface area (Å²) in [5, 5.41) is 15.6. The number of fused-ring (bicyclic) bond motifs is 2. The first-order chi connectivity index (χ1) is 15.4. The van der Waals surface area contributed by atoms with E-state index in [0.29, 0.717) is 18.2 Å². The van der Waals surface area contributed by atoms with E-state index in [4.69, 9.17) is 19.7 Å². The molecule has 0 amide bonds. The van der Waals surface area contributed by atoms with Gasteiger partial charge in [0.1, 0.15) is 17.2 Å². The van der Waals surface area contributed by atoms with E-state index in [1.54, 1.807) is 7.11 Å². The molecular weight excluding hydrogens is 412 g/mol. The quantitative estimate of drug-likeness (QED) is 0.700. The van der Waals surface area contributed by atoms with Crippen LogP contribution in [0, 0.1) is 0 Å². The van der Waals surface area contributed by atoms with Crippen molar-refractivity contribution in [3.8, 4) is 17.2 Å². The van der Waals surface area contributed by atoms with Gasteiger partial charge in [-0.25, -0.2) is 9.59 Å². The van der Waals surface area contributed by atoms with Gasteiger partial charge in [-0.15, -0.1) is 0 Å². The Morgan fingerprint density at radius 3 is 2.28 bits per heavy atom. The molecule has 2 N–H and O–H groups in total. The molecule has 0 aromatic heterocycles. The van der Waals surface area contributed by atoms with Crippen molar-refractivity contribution in [2.75, 3.05) is 40.3 Å². The van der Waals surface area contributed by atoms with Gasteiger partial charge in [-0.1, -0.05) is 18.2 Å². The van der Waals surface area contributed by atoms with Crippen LogP contribution in [0.15, 0.2) is 54.6 Å². The van der Waals surface area contributed by atoms with Gasteiger partial charge in [-0.05, 0) is 43.3 Å². The molecule has 1 fully saturated rings. The summed E-state index contributed by atoms with van der Waals surface area (Å²) in [4.78, 5) is 24.1. The Kier molecular flexibility index (Phi) is 7.86. The smallest absolute Gasteiger partial charge is 0.328 e. The average molecular weight is 440 g/mol. The maximum absolute atomic E-state index is 9.55. The van der Waals surface area contributed by atoms with Crippen LogP contribution in [0.1, 0.15) is 17.2 Å². The van der Waals surface area contributed by atoms with Crippen LogP contribution in [0.2, 0.25) is 0 Å². The molecule has 4 rings (SSSR count). The second kappa shape index (κ2) is 10.8. The Bertz CT molecular complexity index is 966. The van der Waals surface area contributed by atoms with Gasteiger partial charge in [0.15, 0.2) is 0 Å². The summed E-state index contributed by atoms with van der Waals surface area (Å²) < 4.78 is 11.7. The van der Waals surface area contributed by atoms with Crippen LogP contribution in [0.4, 0.5) is 0 Å². The molecule has 1 unspecified atom stereocenters. The third-order valence-electron chi connectivity index (χ3n) is 5.53. The standard InChI is InChI=1S/C20H24N2O2.C4H4O4/c1-21-9-11-22(12-10-21)18-13-15-5-3-4-6-19(15)24-20-8-7-16(23-2)14-17(18)20;5-3(6)1-2-4(7)8/h3-8,14,18H,9-13H2,1-2H3;1-2H,(H,5,6)(H,7,8)/b;2-1+. The van der Waals surface area contributed by atoms with E-state index in [1.165, 1.54) is 11.1 Å². The minimum atomic E-state index is -1.26.